The maximum absolute atomic E-state index is 13.1. The van der Waals surface area contributed by atoms with Crippen molar-refractivity contribution >= 4 is 11.6 Å². The molecule has 1 amide bonds. The number of anilines is 1. The molecular formula is C15H21F2N3O. The number of nitrogens with two attached hydrogens (primary N) is 1. The van der Waals surface area contributed by atoms with Crippen molar-refractivity contribution in [3.8, 4) is 0 Å². The van der Waals surface area contributed by atoms with Crippen molar-refractivity contribution in [2.45, 2.75) is 13.3 Å². The predicted molar refractivity (Wildman–Crippen MR) is 77.8 cm³/mol. The number of piperidine rings is 1. The lowest BCUT2D eigenvalue weighted by molar-refractivity contribution is -0.117. The van der Waals surface area contributed by atoms with Crippen LogP contribution in [0.2, 0.25) is 0 Å². The van der Waals surface area contributed by atoms with Gasteiger partial charge in [-0.15, -0.1) is 0 Å². The summed E-state index contributed by atoms with van der Waals surface area (Å²) in [5, 5.41) is 2.52. The number of halogens is 2. The smallest absolute Gasteiger partial charge is 0.238 e. The Hall–Kier alpha value is -1.53. The van der Waals surface area contributed by atoms with E-state index in [1.807, 2.05) is 4.90 Å². The molecule has 1 saturated heterocycles. The Morgan fingerprint density at radius 2 is 2.05 bits per heavy atom. The molecule has 1 aromatic rings. The molecule has 0 saturated carbocycles. The molecule has 0 bridgehead atoms. The fourth-order valence-corrected chi connectivity index (χ4v) is 2.70. The van der Waals surface area contributed by atoms with Gasteiger partial charge in [-0.1, -0.05) is 6.92 Å². The van der Waals surface area contributed by atoms with Gasteiger partial charge in [0.25, 0.3) is 0 Å². The molecular weight excluding hydrogens is 276 g/mol. The van der Waals surface area contributed by atoms with Crippen molar-refractivity contribution in [2.24, 2.45) is 17.6 Å². The Morgan fingerprint density at radius 3 is 2.67 bits per heavy atom. The van der Waals surface area contributed by atoms with Gasteiger partial charge in [0, 0.05) is 18.3 Å². The van der Waals surface area contributed by atoms with Crippen LogP contribution >= 0.6 is 0 Å². The topological polar surface area (TPSA) is 58.4 Å². The van der Waals surface area contributed by atoms with E-state index in [1.54, 1.807) is 0 Å². The molecule has 4 nitrogen and oxygen atoms in total. The molecule has 2 rings (SSSR count). The number of nitrogens with zero attached hydrogens (tertiary/aromatic N) is 1. The van der Waals surface area contributed by atoms with E-state index < -0.39 is 11.6 Å². The first-order valence-electron chi connectivity index (χ1n) is 7.16. The number of carbonyl (C=O) groups is 1. The summed E-state index contributed by atoms with van der Waals surface area (Å²) >= 11 is 0. The van der Waals surface area contributed by atoms with Crippen molar-refractivity contribution in [1.29, 1.82) is 0 Å². The standard InChI is InChI=1S/C15H21F2N3O/c1-10-2-3-20(8-11(10)7-18)9-15(21)19-14-5-12(16)4-13(17)6-14/h4-6,10-11H,2-3,7-9,18H2,1H3,(H,19,21). The molecule has 2 atom stereocenters. The fourth-order valence-electron chi connectivity index (χ4n) is 2.70. The maximum atomic E-state index is 13.1. The minimum atomic E-state index is -0.708. The van der Waals surface area contributed by atoms with E-state index in [-0.39, 0.29) is 18.1 Å². The molecule has 6 heteroatoms. The quantitative estimate of drug-likeness (QED) is 0.891. The molecule has 3 N–H and O–H groups in total. The summed E-state index contributed by atoms with van der Waals surface area (Å²) in [6.45, 7) is 4.60. The third-order valence-electron chi connectivity index (χ3n) is 4.01. The van der Waals surface area contributed by atoms with Crippen LogP contribution in [0.3, 0.4) is 0 Å². The number of benzene rings is 1. The van der Waals surface area contributed by atoms with Gasteiger partial charge in [-0.2, -0.15) is 0 Å². The zero-order valence-corrected chi connectivity index (χ0v) is 12.1. The largest absolute Gasteiger partial charge is 0.330 e. The molecule has 0 spiro atoms. The lowest BCUT2D eigenvalue weighted by Gasteiger charge is -2.36. The average Bonchev–Trinajstić information content (AvgIpc) is 2.39. The van der Waals surface area contributed by atoms with Gasteiger partial charge in [0.15, 0.2) is 0 Å². The van der Waals surface area contributed by atoms with Crippen LogP contribution in [0.1, 0.15) is 13.3 Å². The molecule has 1 heterocycles. The summed E-state index contributed by atoms with van der Waals surface area (Å²) in [4.78, 5) is 14.0. The molecule has 0 aromatic heterocycles. The van der Waals surface area contributed by atoms with Gasteiger partial charge in [-0.05, 0) is 43.5 Å². The van der Waals surface area contributed by atoms with Gasteiger partial charge in [0.05, 0.1) is 6.54 Å². The summed E-state index contributed by atoms with van der Waals surface area (Å²) in [5.41, 5.74) is 5.87. The Morgan fingerprint density at radius 1 is 1.38 bits per heavy atom. The molecule has 1 fully saturated rings. The van der Waals surface area contributed by atoms with Crippen molar-refractivity contribution in [1.82, 2.24) is 4.90 Å². The van der Waals surface area contributed by atoms with E-state index in [9.17, 15) is 13.6 Å². The highest BCUT2D eigenvalue weighted by molar-refractivity contribution is 5.92. The lowest BCUT2D eigenvalue weighted by atomic mass is 9.87. The summed E-state index contributed by atoms with van der Waals surface area (Å²) in [5.74, 6) is -0.740. The van der Waals surface area contributed by atoms with Crippen LogP contribution in [-0.4, -0.2) is 37.0 Å². The van der Waals surface area contributed by atoms with E-state index >= 15 is 0 Å². The van der Waals surface area contributed by atoms with E-state index in [4.69, 9.17) is 5.73 Å². The second kappa shape index (κ2) is 6.95. The van der Waals surface area contributed by atoms with E-state index in [0.717, 1.165) is 37.7 Å². The lowest BCUT2D eigenvalue weighted by Crippen LogP contribution is -2.45. The number of hydrogen-bond donors (Lipinski definition) is 2. The van der Waals surface area contributed by atoms with Crippen molar-refractivity contribution < 1.29 is 13.6 Å². The average molecular weight is 297 g/mol. The zero-order chi connectivity index (χ0) is 15.4. The van der Waals surface area contributed by atoms with Gasteiger partial charge in [-0.3, -0.25) is 9.69 Å². The van der Waals surface area contributed by atoms with Crippen LogP contribution in [0.15, 0.2) is 18.2 Å². The molecule has 0 radical (unpaired) electrons. The SMILES string of the molecule is CC1CCN(CC(=O)Nc2cc(F)cc(F)c2)CC1CN. The first-order chi connectivity index (χ1) is 9.97. The van der Waals surface area contributed by atoms with Crippen LogP contribution in [-0.2, 0) is 4.79 Å². The number of likely N-dealkylation sites (tertiary alicyclic amines) is 1. The highest BCUT2D eigenvalue weighted by Crippen LogP contribution is 2.22. The normalized spacial score (nSPS) is 23.0. The van der Waals surface area contributed by atoms with Gasteiger partial charge < -0.3 is 11.1 Å². The molecule has 1 aromatic carbocycles. The van der Waals surface area contributed by atoms with Gasteiger partial charge in [0.1, 0.15) is 11.6 Å². The zero-order valence-electron chi connectivity index (χ0n) is 12.1. The number of hydrogen-bond acceptors (Lipinski definition) is 3. The van der Waals surface area contributed by atoms with Crippen LogP contribution in [0.5, 0.6) is 0 Å². The fraction of sp³-hybridized carbons (Fsp3) is 0.533. The Balaban J connectivity index is 1.89. The second-order valence-corrected chi connectivity index (χ2v) is 5.70. The third kappa shape index (κ3) is 4.47. The van der Waals surface area contributed by atoms with E-state index in [2.05, 4.69) is 12.2 Å². The van der Waals surface area contributed by atoms with Crippen LogP contribution in [0.4, 0.5) is 14.5 Å². The van der Waals surface area contributed by atoms with Crippen LogP contribution in [0, 0.1) is 23.5 Å². The number of carbonyl (C=O) groups excluding carboxylic acids is 1. The highest BCUT2D eigenvalue weighted by Gasteiger charge is 2.26. The summed E-state index contributed by atoms with van der Waals surface area (Å²) in [6.07, 6.45) is 1.00. The Bertz CT molecular complexity index is 489. The molecule has 1 aliphatic rings. The molecule has 2 unspecified atom stereocenters. The molecule has 21 heavy (non-hydrogen) atoms. The van der Waals surface area contributed by atoms with Gasteiger partial charge >= 0.3 is 0 Å². The molecule has 116 valence electrons. The van der Waals surface area contributed by atoms with Crippen LogP contribution in [0.25, 0.3) is 0 Å². The maximum Gasteiger partial charge on any atom is 0.238 e. The summed E-state index contributed by atoms with van der Waals surface area (Å²) < 4.78 is 26.1. The van der Waals surface area contributed by atoms with Crippen molar-refractivity contribution in [3.63, 3.8) is 0 Å². The predicted octanol–water partition coefficient (Wildman–Crippen LogP) is 1.82. The highest BCUT2D eigenvalue weighted by atomic mass is 19.1. The third-order valence-corrected chi connectivity index (χ3v) is 4.01. The minimum Gasteiger partial charge on any atom is -0.330 e. The van der Waals surface area contributed by atoms with Crippen LogP contribution < -0.4 is 11.1 Å². The van der Waals surface area contributed by atoms with E-state index in [0.29, 0.717) is 18.4 Å². The first-order valence-corrected chi connectivity index (χ1v) is 7.16. The van der Waals surface area contributed by atoms with Crippen molar-refractivity contribution in [2.75, 3.05) is 31.5 Å². The second-order valence-electron chi connectivity index (χ2n) is 5.70. The minimum absolute atomic E-state index is 0.137. The monoisotopic (exact) mass is 297 g/mol. The Kier molecular flexibility index (Phi) is 5.25. The number of amides is 1. The first kappa shape index (κ1) is 15.9. The van der Waals surface area contributed by atoms with Gasteiger partial charge in [-0.25, -0.2) is 8.78 Å². The summed E-state index contributed by atoms with van der Waals surface area (Å²) in [6, 6.07) is 2.97. The summed E-state index contributed by atoms with van der Waals surface area (Å²) in [7, 11) is 0. The van der Waals surface area contributed by atoms with Crippen molar-refractivity contribution in [3.05, 3.63) is 29.8 Å². The number of rotatable bonds is 4. The van der Waals surface area contributed by atoms with E-state index in [1.165, 1.54) is 0 Å². The number of nitrogens with one attached hydrogen (secondary N) is 1. The molecule has 0 aliphatic carbocycles. The molecule has 1 aliphatic heterocycles. The Labute approximate surface area is 123 Å². The van der Waals surface area contributed by atoms with Gasteiger partial charge in [0.2, 0.25) is 5.91 Å².